The van der Waals surface area contributed by atoms with Gasteiger partial charge in [-0.15, -0.1) is 0 Å². The van der Waals surface area contributed by atoms with E-state index >= 15 is 0 Å². The molecular weight excluding hydrogens is 153 g/mol. The molecule has 0 aliphatic carbocycles. The van der Waals surface area contributed by atoms with Gasteiger partial charge in [-0.3, -0.25) is 0 Å². The Balaban J connectivity index is 3.14. The monoisotopic (exact) mass is 163 g/mol. The second-order valence-electron chi connectivity index (χ2n) is 2.97. The second kappa shape index (κ2) is 3.36. The SMILES string of the molecule is [C-]#[N+]c1ccc(C(C)C)c(F)c1. The molecule has 0 unspecified atom stereocenters. The minimum Gasteiger partial charge on any atom is -0.238 e. The minimum atomic E-state index is -0.279. The third-order valence-corrected chi connectivity index (χ3v) is 1.74. The molecule has 0 bridgehead atoms. The van der Waals surface area contributed by atoms with Crippen LogP contribution in [0.5, 0.6) is 0 Å². The summed E-state index contributed by atoms with van der Waals surface area (Å²) in [5.74, 6) is -0.108. The average molecular weight is 163 g/mol. The Bertz CT molecular complexity index is 323. The predicted molar refractivity (Wildman–Crippen MR) is 46.8 cm³/mol. The van der Waals surface area contributed by atoms with Crippen molar-refractivity contribution in [2.75, 3.05) is 0 Å². The molecule has 0 radical (unpaired) electrons. The molecular formula is C10H10FN. The fraction of sp³-hybridized carbons (Fsp3) is 0.300. The summed E-state index contributed by atoms with van der Waals surface area (Å²) in [4.78, 5) is 3.14. The molecule has 0 saturated heterocycles. The molecule has 1 rings (SSSR count). The van der Waals surface area contributed by atoms with Crippen molar-refractivity contribution in [3.8, 4) is 0 Å². The van der Waals surface area contributed by atoms with Crippen molar-refractivity contribution in [2.24, 2.45) is 0 Å². The third-order valence-electron chi connectivity index (χ3n) is 1.74. The van der Waals surface area contributed by atoms with E-state index in [1.807, 2.05) is 13.8 Å². The number of hydrogen-bond acceptors (Lipinski definition) is 0. The van der Waals surface area contributed by atoms with Crippen LogP contribution in [0.25, 0.3) is 4.85 Å². The van der Waals surface area contributed by atoms with Gasteiger partial charge < -0.3 is 0 Å². The number of hydrogen-bond donors (Lipinski definition) is 0. The molecule has 62 valence electrons. The van der Waals surface area contributed by atoms with E-state index in [0.29, 0.717) is 11.3 Å². The van der Waals surface area contributed by atoms with Gasteiger partial charge in [0.05, 0.1) is 6.57 Å². The predicted octanol–water partition coefficient (Wildman–Crippen LogP) is 3.50. The Kier molecular flexibility index (Phi) is 2.44. The fourth-order valence-electron chi connectivity index (χ4n) is 1.05. The molecule has 1 aromatic carbocycles. The minimum absolute atomic E-state index is 0.171. The third kappa shape index (κ3) is 1.62. The summed E-state index contributed by atoms with van der Waals surface area (Å²) in [5, 5.41) is 0. The lowest BCUT2D eigenvalue weighted by Crippen LogP contribution is -1.91. The molecule has 0 fully saturated rings. The zero-order valence-corrected chi connectivity index (χ0v) is 7.13. The van der Waals surface area contributed by atoms with Gasteiger partial charge in [-0.1, -0.05) is 26.0 Å². The van der Waals surface area contributed by atoms with E-state index in [1.165, 1.54) is 6.07 Å². The fourth-order valence-corrected chi connectivity index (χ4v) is 1.05. The Labute approximate surface area is 71.7 Å². The zero-order valence-electron chi connectivity index (χ0n) is 7.13. The molecule has 0 amide bonds. The summed E-state index contributed by atoms with van der Waals surface area (Å²) in [6.07, 6.45) is 0. The van der Waals surface area contributed by atoms with Crippen LogP contribution in [0.15, 0.2) is 18.2 Å². The molecule has 1 aromatic rings. The summed E-state index contributed by atoms with van der Waals surface area (Å²) in [6.45, 7) is 10.5. The van der Waals surface area contributed by atoms with Gasteiger partial charge in [-0.05, 0) is 17.5 Å². The highest BCUT2D eigenvalue weighted by Gasteiger charge is 2.06. The Hall–Kier alpha value is -1.36. The van der Waals surface area contributed by atoms with Gasteiger partial charge in [0.25, 0.3) is 0 Å². The Morgan fingerprint density at radius 2 is 2.08 bits per heavy atom. The van der Waals surface area contributed by atoms with Crippen molar-refractivity contribution < 1.29 is 4.39 Å². The lowest BCUT2D eigenvalue weighted by molar-refractivity contribution is 0.599. The van der Waals surface area contributed by atoms with E-state index in [0.717, 1.165) is 0 Å². The average Bonchev–Trinajstić information content (AvgIpc) is 2.03. The first kappa shape index (κ1) is 8.73. The Morgan fingerprint density at radius 1 is 1.42 bits per heavy atom. The molecule has 0 heterocycles. The van der Waals surface area contributed by atoms with Crippen molar-refractivity contribution in [1.82, 2.24) is 0 Å². The maximum Gasteiger partial charge on any atom is 0.190 e. The van der Waals surface area contributed by atoms with Crippen LogP contribution in [-0.2, 0) is 0 Å². The van der Waals surface area contributed by atoms with Crippen LogP contribution >= 0.6 is 0 Å². The van der Waals surface area contributed by atoms with Gasteiger partial charge in [-0.25, -0.2) is 9.24 Å². The molecule has 0 N–H and O–H groups in total. The molecule has 12 heavy (non-hydrogen) atoms. The highest BCUT2D eigenvalue weighted by Crippen LogP contribution is 2.22. The first-order chi connectivity index (χ1) is 5.65. The topological polar surface area (TPSA) is 4.36 Å². The van der Waals surface area contributed by atoms with E-state index in [1.54, 1.807) is 12.1 Å². The van der Waals surface area contributed by atoms with Gasteiger partial charge >= 0.3 is 0 Å². The molecule has 1 nitrogen and oxygen atoms in total. The van der Waals surface area contributed by atoms with Crippen LogP contribution in [0.4, 0.5) is 10.1 Å². The molecule has 0 atom stereocenters. The van der Waals surface area contributed by atoms with Crippen molar-refractivity contribution in [1.29, 1.82) is 0 Å². The van der Waals surface area contributed by atoms with Crippen LogP contribution in [0.2, 0.25) is 0 Å². The Morgan fingerprint density at radius 3 is 2.50 bits per heavy atom. The quantitative estimate of drug-likeness (QED) is 0.558. The van der Waals surface area contributed by atoms with Crippen LogP contribution in [0, 0.1) is 12.4 Å². The first-order valence-electron chi connectivity index (χ1n) is 3.82. The van der Waals surface area contributed by atoms with Crippen molar-refractivity contribution in [3.63, 3.8) is 0 Å². The van der Waals surface area contributed by atoms with E-state index in [-0.39, 0.29) is 11.7 Å². The largest absolute Gasteiger partial charge is 0.238 e. The standard InChI is InChI=1S/C10H10FN/c1-7(2)9-5-4-8(12-3)6-10(9)11/h4-7H,1-2H3. The summed E-state index contributed by atoms with van der Waals surface area (Å²) < 4.78 is 13.1. The van der Waals surface area contributed by atoms with Gasteiger partial charge in [-0.2, -0.15) is 0 Å². The smallest absolute Gasteiger partial charge is 0.190 e. The van der Waals surface area contributed by atoms with E-state index < -0.39 is 0 Å². The molecule has 2 heteroatoms. The summed E-state index contributed by atoms with van der Waals surface area (Å²) in [6, 6.07) is 4.60. The van der Waals surface area contributed by atoms with Gasteiger partial charge in [0.2, 0.25) is 0 Å². The summed E-state index contributed by atoms with van der Waals surface area (Å²) in [5.41, 5.74) is 1.03. The van der Waals surface area contributed by atoms with Crippen LogP contribution in [-0.4, -0.2) is 0 Å². The van der Waals surface area contributed by atoms with Gasteiger partial charge in [0, 0.05) is 0 Å². The highest BCUT2D eigenvalue weighted by atomic mass is 19.1. The second-order valence-corrected chi connectivity index (χ2v) is 2.97. The molecule has 0 spiro atoms. The van der Waals surface area contributed by atoms with Gasteiger partial charge in [0.1, 0.15) is 5.82 Å². The summed E-state index contributed by atoms with van der Waals surface area (Å²) in [7, 11) is 0. The van der Waals surface area contributed by atoms with Crippen LogP contribution < -0.4 is 0 Å². The van der Waals surface area contributed by atoms with Gasteiger partial charge in [0.15, 0.2) is 5.69 Å². The normalized spacial score (nSPS) is 9.92. The molecule has 0 aliphatic rings. The van der Waals surface area contributed by atoms with Crippen LogP contribution in [0.1, 0.15) is 25.3 Å². The van der Waals surface area contributed by atoms with Crippen molar-refractivity contribution >= 4 is 5.69 Å². The zero-order chi connectivity index (χ0) is 9.14. The van der Waals surface area contributed by atoms with E-state index in [9.17, 15) is 4.39 Å². The van der Waals surface area contributed by atoms with Crippen LogP contribution in [0.3, 0.4) is 0 Å². The van der Waals surface area contributed by atoms with E-state index in [4.69, 9.17) is 6.57 Å². The van der Waals surface area contributed by atoms with Crippen molar-refractivity contribution in [2.45, 2.75) is 19.8 Å². The molecule has 0 aliphatic heterocycles. The molecule has 0 saturated carbocycles. The lowest BCUT2D eigenvalue weighted by Gasteiger charge is -2.05. The van der Waals surface area contributed by atoms with E-state index in [2.05, 4.69) is 4.85 Å². The number of benzene rings is 1. The number of nitrogens with zero attached hydrogens (tertiary/aromatic N) is 1. The maximum atomic E-state index is 13.1. The number of halogens is 1. The lowest BCUT2D eigenvalue weighted by atomic mass is 10.0. The first-order valence-corrected chi connectivity index (χ1v) is 3.82. The number of rotatable bonds is 1. The van der Waals surface area contributed by atoms with Crippen molar-refractivity contribution in [3.05, 3.63) is 41.0 Å². The summed E-state index contributed by atoms with van der Waals surface area (Å²) >= 11 is 0. The maximum absolute atomic E-state index is 13.1. The highest BCUT2D eigenvalue weighted by molar-refractivity contribution is 5.46. The molecule has 0 aromatic heterocycles.